The van der Waals surface area contributed by atoms with Gasteiger partial charge in [-0.2, -0.15) is 0 Å². The van der Waals surface area contributed by atoms with E-state index < -0.39 is 0 Å². The SMILES string of the molecule is CCNC(Cc1ccc(C)cn1)c1ccco1. The van der Waals surface area contributed by atoms with Crippen molar-refractivity contribution in [3.05, 3.63) is 53.7 Å². The lowest BCUT2D eigenvalue weighted by atomic mass is 10.1. The number of furan rings is 1. The highest BCUT2D eigenvalue weighted by Gasteiger charge is 2.14. The zero-order chi connectivity index (χ0) is 12.1. The number of hydrogen-bond donors (Lipinski definition) is 1. The van der Waals surface area contributed by atoms with E-state index in [1.54, 1.807) is 6.26 Å². The average Bonchev–Trinajstić information content (AvgIpc) is 2.85. The van der Waals surface area contributed by atoms with Crippen LogP contribution in [0.5, 0.6) is 0 Å². The van der Waals surface area contributed by atoms with Crippen LogP contribution in [-0.2, 0) is 6.42 Å². The van der Waals surface area contributed by atoms with Gasteiger partial charge in [-0.3, -0.25) is 4.98 Å². The fourth-order valence-corrected chi connectivity index (χ4v) is 1.84. The molecule has 1 atom stereocenters. The second-order valence-corrected chi connectivity index (χ2v) is 4.16. The maximum Gasteiger partial charge on any atom is 0.121 e. The summed E-state index contributed by atoms with van der Waals surface area (Å²) in [5.41, 5.74) is 2.27. The van der Waals surface area contributed by atoms with E-state index in [0.717, 1.165) is 24.4 Å². The van der Waals surface area contributed by atoms with Crippen LogP contribution < -0.4 is 5.32 Å². The van der Waals surface area contributed by atoms with Gasteiger partial charge in [0.25, 0.3) is 0 Å². The van der Waals surface area contributed by atoms with Crippen LogP contribution in [0.4, 0.5) is 0 Å². The van der Waals surface area contributed by atoms with Crippen molar-refractivity contribution in [1.82, 2.24) is 10.3 Å². The van der Waals surface area contributed by atoms with Crippen LogP contribution >= 0.6 is 0 Å². The van der Waals surface area contributed by atoms with Crippen molar-refractivity contribution in [3.8, 4) is 0 Å². The second kappa shape index (κ2) is 5.64. The molecule has 0 radical (unpaired) electrons. The van der Waals surface area contributed by atoms with E-state index in [9.17, 15) is 0 Å². The Labute approximate surface area is 102 Å². The fraction of sp³-hybridized carbons (Fsp3) is 0.357. The summed E-state index contributed by atoms with van der Waals surface area (Å²) in [6, 6.07) is 8.28. The third kappa shape index (κ3) is 3.17. The number of aromatic nitrogens is 1. The van der Waals surface area contributed by atoms with Gasteiger partial charge >= 0.3 is 0 Å². The zero-order valence-electron chi connectivity index (χ0n) is 10.3. The molecule has 3 nitrogen and oxygen atoms in total. The molecule has 1 N–H and O–H groups in total. The molecule has 0 fully saturated rings. The predicted molar refractivity (Wildman–Crippen MR) is 67.8 cm³/mol. The Morgan fingerprint density at radius 3 is 2.82 bits per heavy atom. The van der Waals surface area contributed by atoms with Gasteiger partial charge in [0, 0.05) is 18.3 Å². The molecule has 0 aliphatic rings. The molecule has 0 bridgehead atoms. The Hall–Kier alpha value is -1.61. The molecule has 3 heteroatoms. The number of rotatable bonds is 5. The molecule has 0 aromatic carbocycles. The molecule has 2 heterocycles. The van der Waals surface area contributed by atoms with Crippen molar-refractivity contribution >= 4 is 0 Å². The monoisotopic (exact) mass is 230 g/mol. The minimum absolute atomic E-state index is 0.199. The predicted octanol–water partition coefficient (Wildman–Crippen LogP) is 2.88. The first-order chi connectivity index (χ1) is 8.29. The van der Waals surface area contributed by atoms with Gasteiger partial charge in [0.2, 0.25) is 0 Å². The number of pyridine rings is 1. The van der Waals surface area contributed by atoms with E-state index in [1.807, 2.05) is 25.3 Å². The van der Waals surface area contributed by atoms with Crippen molar-refractivity contribution in [2.75, 3.05) is 6.54 Å². The van der Waals surface area contributed by atoms with Gasteiger partial charge in [-0.1, -0.05) is 13.0 Å². The summed E-state index contributed by atoms with van der Waals surface area (Å²) >= 11 is 0. The highest BCUT2D eigenvalue weighted by atomic mass is 16.3. The molecule has 0 amide bonds. The van der Waals surface area contributed by atoms with E-state index in [4.69, 9.17) is 4.42 Å². The minimum atomic E-state index is 0.199. The molecule has 2 aromatic heterocycles. The van der Waals surface area contributed by atoms with Crippen LogP contribution in [0.2, 0.25) is 0 Å². The zero-order valence-corrected chi connectivity index (χ0v) is 10.3. The van der Waals surface area contributed by atoms with E-state index >= 15 is 0 Å². The van der Waals surface area contributed by atoms with Crippen LogP contribution in [-0.4, -0.2) is 11.5 Å². The summed E-state index contributed by atoms with van der Waals surface area (Å²) in [6.07, 6.45) is 4.46. The normalized spacial score (nSPS) is 12.6. The molecular weight excluding hydrogens is 212 g/mol. The van der Waals surface area contributed by atoms with E-state index in [1.165, 1.54) is 5.56 Å². The van der Waals surface area contributed by atoms with Crippen LogP contribution in [0, 0.1) is 6.92 Å². The van der Waals surface area contributed by atoms with Gasteiger partial charge in [0.05, 0.1) is 12.3 Å². The first kappa shape index (κ1) is 11.9. The summed E-state index contributed by atoms with van der Waals surface area (Å²) < 4.78 is 5.45. The average molecular weight is 230 g/mol. The number of aryl methyl sites for hydroxylation is 1. The summed E-state index contributed by atoms with van der Waals surface area (Å²) in [5, 5.41) is 3.41. The molecule has 90 valence electrons. The Morgan fingerprint density at radius 2 is 2.24 bits per heavy atom. The summed E-state index contributed by atoms with van der Waals surface area (Å²) in [7, 11) is 0. The Bertz CT molecular complexity index is 434. The van der Waals surface area contributed by atoms with Crippen molar-refractivity contribution in [2.45, 2.75) is 26.3 Å². The van der Waals surface area contributed by atoms with E-state index in [0.29, 0.717) is 0 Å². The smallest absolute Gasteiger partial charge is 0.121 e. The van der Waals surface area contributed by atoms with Crippen LogP contribution in [0.1, 0.15) is 30.0 Å². The quantitative estimate of drug-likeness (QED) is 0.858. The summed E-state index contributed by atoms with van der Waals surface area (Å²) in [6.45, 7) is 5.06. The second-order valence-electron chi connectivity index (χ2n) is 4.16. The molecular formula is C14H18N2O. The molecule has 1 unspecified atom stereocenters. The lowest BCUT2D eigenvalue weighted by molar-refractivity contribution is 0.414. The molecule has 0 spiro atoms. The topological polar surface area (TPSA) is 38.1 Å². The first-order valence-electron chi connectivity index (χ1n) is 5.98. The third-order valence-corrected chi connectivity index (χ3v) is 2.72. The number of nitrogens with zero attached hydrogens (tertiary/aromatic N) is 1. The van der Waals surface area contributed by atoms with Gasteiger partial charge in [0.1, 0.15) is 5.76 Å². The maximum absolute atomic E-state index is 5.45. The van der Waals surface area contributed by atoms with Gasteiger partial charge < -0.3 is 9.73 Å². The summed E-state index contributed by atoms with van der Waals surface area (Å²) in [5.74, 6) is 0.967. The van der Waals surface area contributed by atoms with E-state index in [-0.39, 0.29) is 6.04 Å². The third-order valence-electron chi connectivity index (χ3n) is 2.72. The number of nitrogens with one attached hydrogen (secondary N) is 1. The van der Waals surface area contributed by atoms with Gasteiger partial charge in [0.15, 0.2) is 0 Å². The van der Waals surface area contributed by atoms with Gasteiger partial charge in [-0.25, -0.2) is 0 Å². The van der Waals surface area contributed by atoms with Gasteiger partial charge in [-0.05, 0) is 37.2 Å². The van der Waals surface area contributed by atoms with Crippen LogP contribution in [0.3, 0.4) is 0 Å². The highest BCUT2D eigenvalue weighted by molar-refractivity contribution is 5.15. The first-order valence-corrected chi connectivity index (χ1v) is 5.98. The molecule has 0 aliphatic carbocycles. The molecule has 0 aliphatic heterocycles. The van der Waals surface area contributed by atoms with Crippen LogP contribution in [0.15, 0.2) is 41.1 Å². The molecule has 2 rings (SSSR count). The highest BCUT2D eigenvalue weighted by Crippen LogP contribution is 2.17. The fourth-order valence-electron chi connectivity index (χ4n) is 1.84. The number of hydrogen-bond acceptors (Lipinski definition) is 3. The Kier molecular flexibility index (Phi) is 3.94. The van der Waals surface area contributed by atoms with Crippen molar-refractivity contribution < 1.29 is 4.42 Å². The van der Waals surface area contributed by atoms with Crippen molar-refractivity contribution in [2.24, 2.45) is 0 Å². The lowest BCUT2D eigenvalue weighted by Gasteiger charge is -2.14. The Balaban J connectivity index is 2.10. The molecule has 17 heavy (non-hydrogen) atoms. The largest absolute Gasteiger partial charge is 0.468 e. The minimum Gasteiger partial charge on any atom is -0.468 e. The summed E-state index contributed by atoms with van der Waals surface area (Å²) in [4.78, 5) is 4.43. The Morgan fingerprint density at radius 1 is 1.35 bits per heavy atom. The van der Waals surface area contributed by atoms with Crippen molar-refractivity contribution in [1.29, 1.82) is 0 Å². The lowest BCUT2D eigenvalue weighted by Crippen LogP contribution is -2.22. The van der Waals surface area contributed by atoms with Crippen LogP contribution in [0.25, 0.3) is 0 Å². The molecule has 0 saturated carbocycles. The molecule has 2 aromatic rings. The number of likely N-dealkylation sites (N-methyl/N-ethyl adjacent to an activating group) is 1. The van der Waals surface area contributed by atoms with E-state index in [2.05, 4.69) is 29.4 Å². The van der Waals surface area contributed by atoms with Crippen molar-refractivity contribution in [3.63, 3.8) is 0 Å². The standard InChI is InChI=1S/C14H18N2O/c1-3-15-13(14-5-4-8-17-14)9-12-7-6-11(2)10-16-12/h4-8,10,13,15H,3,9H2,1-2H3. The maximum atomic E-state index is 5.45. The molecule has 0 saturated heterocycles. The van der Waals surface area contributed by atoms with Gasteiger partial charge in [-0.15, -0.1) is 0 Å².